The Morgan fingerprint density at radius 1 is 1.27 bits per heavy atom. The number of nitrogens with zero attached hydrogens (tertiary/aromatic N) is 1. The topological polar surface area (TPSA) is 62.2 Å². The molecule has 1 aromatic heterocycles. The summed E-state index contributed by atoms with van der Waals surface area (Å²) < 4.78 is 0. The van der Waals surface area contributed by atoms with Crippen molar-refractivity contribution in [1.82, 2.24) is 10.3 Å². The first-order chi connectivity index (χ1) is 10.7. The number of carbonyl (C=O) groups excluding carboxylic acids is 1. The van der Waals surface area contributed by atoms with E-state index in [1.807, 2.05) is 11.3 Å². The summed E-state index contributed by atoms with van der Waals surface area (Å²) in [5, 5.41) is 13.7. The first kappa shape index (κ1) is 15.0. The second kappa shape index (κ2) is 6.92. The van der Waals surface area contributed by atoms with Gasteiger partial charge in [-0.1, -0.05) is 12.1 Å². The second-order valence-corrected chi connectivity index (χ2v) is 6.73. The first-order valence-electron chi connectivity index (χ1n) is 7.77. The van der Waals surface area contributed by atoms with Crippen LogP contribution in [0.3, 0.4) is 0 Å². The van der Waals surface area contributed by atoms with Crippen LogP contribution >= 0.6 is 11.3 Å². The van der Waals surface area contributed by atoms with E-state index >= 15 is 0 Å². The number of rotatable bonds is 5. The summed E-state index contributed by atoms with van der Waals surface area (Å²) >= 11 is 1.83. The molecule has 0 saturated heterocycles. The Hall–Kier alpha value is -1.88. The number of aryl methyl sites for hydroxylation is 3. The lowest BCUT2D eigenvalue weighted by Gasteiger charge is -2.06. The maximum atomic E-state index is 12.0. The SMILES string of the molecule is O=C(NCCCc1nc2c(s1)CCCC2)c1ccccc1O. The molecule has 4 nitrogen and oxygen atoms in total. The summed E-state index contributed by atoms with van der Waals surface area (Å²) in [6.45, 7) is 0.595. The van der Waals surface area contributed by atoms with Gasteiger partial charge in [-0.15, -0.1) is 11.3 Å². The molecule has 0 saturated carbocycles. The fourth-order valence-corrected chi connectivity index (χ4v) is 3.91. The highest BCUT2D eigenvalue weighted by Gasteiger charge is 2.15. The molecule has 0 fully saturated rings. The fraction of sp³-hybridized carbons (Fsp3) is 0.412. The smallest absolute Gasteiger partial charge is 0.255 e. The van der Waals surface area contributed by atoms with Gasteiger partial charge in [-0.3, -0.25) is 4.79 Å². The van der Waals surface area contributed by atoms with E-state index in [1.165, 1.54) is 40.9 Å². The lowest BCUT2D eigenvalue weighted by Crippen LogP contribution is -2.24. The summed E-state index contributed by atoms with van der Waals surface area (Å²) in [6.07, 6.45) is 6.61. The van der Waals surface area contributed by atoms with Gasteiger partial charge in [0.25, 0.3) is 5.91 Å². The van der Waals surface area contributed by atoms with Crippen molar-refractivity contribution in [2.45, 2.75) is 38.5 Å². The third-order valence-electron chi connectivity index (χ3n) is 3.89. The predicted molar refractivity (Wildman–Crippen MR) is 87.5 cm³/mol. The third kappa shape index (κ3) is 3.47. The largest absolute Gasteiger partial charge is 0.507 e. The van der Waals surface area contributed by atoms with E-state index in [0.717, 1.165) is 19.3 Å². The Morgan fingerprint density at radius 2 is 2.09 bits per heavy atom. The Bertz CT molecular complexity index is 643. The van der Waals surface area contributed by atoms with Gasteiger partial charge < -0.3 is 10.4 Å². The summed E-state index contributed by atoms with van der Waals surface area (Å²) in [5.41, 5.74) is 1.62. The number of aromatic nitrogens is 1. The molecule has 0 bridgehead atoms. The highest BCUT2D eigenvalue weighted by Crippen LogP contribution is 2.27. The van der Waals surface area contributed by atoms with E-state index < -0.39 is 0 Å². The van der Waals surface area contributed by atoms with Crippen LogP contribution in [-0.4, -0.2) is 22.5 Å². The Balaban J connectivity index is 1.46. The Morgan fingerprint density at radius 3 is 2.91 bits per heavy atom. The maximum Gasteiger partial charge on any atom is 0.255 e. The molecule has 22 heavy (non-hydrogen) atoms. The number of phenols is 1. The number of aromatic hydroxyl groups is 1. The van der Waals surface area contributed by atoms with E-state index in [1.54, 1.807) is 18.2 Å². The van der Waals surface area contributed by atoms with Crippen LogP contribution in [0.5, 0.6) is 5.75 Å². The van der Waals surface area contributed by atoms with Crippen LogP contribution in [0.4, 0.5) is 0 Å². The Labute approximate surface area is 134 Å². The van der Waals surface area contributed by atoms with Crippen molar-refractivity contribution < 1.29 is 9.90 Å². The first-order valence-corrected chi connectivity index (χ1v) is 8.59. The molecule has 3 rings (SSSR count). The predicted octanol–water partition coefficient (Wildman–Crippen LogP) is 3.09. The molecule has 1 aliphatic carbocycles. The highest BCUT2D eigenvalue weighted by atomic mass is 32.1. The standard InChI is InChI=1S/C17H20N2O2S/c20-14-8-3-1-6-12(14)17(21)18-11-5-10-16-19-13-7-2-4-9-15(13)22-16/h1,3,6,8,20H,2,4-5,7,9-11H2,(H,18,21). The molecule has 0 radical (unpaired) electrons. The minimum absolute atomic E-state index is 0.0209. The molecule has 2 N–H and O–H groups in total. The highest BCUT2D eigenvalue weighted by molar-refractivity contribution is 7.11. The van der Waals surface area contributed by atoms with E-state index in [2.05, 4.69) is 5.32 Å². The number of carbonyl (C=O) groups is 1. The maximum absolute atomic E-state index is 12.0. The van der Waals surface area contributed by atoms with Crippen molar-refractivity contribution in [3.63, 3.8) is 0 Å². The zero-order valence-corrected chi connectivity index (χ0v) is 13.3. The van der Waals surface area contributed by atoms with Crippen molar-refractivity contribution in [3.05, 3.63) is 45.4 Å². The van der Waals surface area contributed by atoms with Gasteiger partial charge in [0.05, 0.1) is 16.3 Å². The van der Waals surface area contributed by atoms with Crippen molar-refractivity contribution in [3.8, 4) is 5.75 Å². The lowest BCUT2D eigenvalue weighted by atomic mass is 10.0. The van der Waals surface area contributed by atoms with Crippen molar-refractivity contribution in [1.29, 1.82) is 0 Å². The van der Waals surface area contributed by atoms with E-state index in [0.29, 0.717) is 12.1 Å². The van der Waals surface area contributed by atoms with Gasteiger partial charge in [-0.2, -0.15) is 0 Å². The second-order valence-electron chi connectivity index (χ2n) is 5.56. The Kier molecular flexibility index (Phi) is 4.73. The van der Waals surface area contributed by atoms with Crippen molar-refractivity contribution >= 4 is 17.2 Å². The number of nitrogens with one attached hydrogen (secondary N) is 1. The number of benzene rings is 1. The molecule has 0 spiro atoms. The van der Waals surface area contributed by atoms with Gasteiger partial charge in [-0.05, 0) is 44.2 Å². The molecule has 1 amide bonds. The summed E-state index contributed by atoms with van der Waals surface area (Å²) in [4.78, 5) is 18.1. The summed E-state index contributed by atoms with van der Waals surface area (Å²) in [6, 6.07) is 6.60. The van der Waals surface area contributed by atoms with E-state index in [9.17, 15) is 9.90 Å². The zero-order valence-electron chi connectivity index (χ0n) is 12.5. The average Bonchev–Trinajstić information content (AvgIpc) is 2.94. The molecule has 0 aliphatic heterocycles. The minimum atomic E-state index is -0.225. The number of fused-ring (bicyclic) bond motifs is 1. The summed E-state index contributed by atoms with van der Waals surface area (Å²) in [7, 11) is 0. The van der Waals surface area contributed by atoms with Crippen LogP contribution < -0.4 is 5.32 Å². The van der Waals surface area contributed by atoms with Crippen LogP contribution in [0.25, 0.3) is 0 Å². The quantitative estimate of drug-likeness (QED) is 0.833. The molecule has 0 atom stereocenters. The van der Waals surface area contributed by atoms with Crippen molar-refractivity contribution in [2.24, 2.45) is 0 Å². The van der Waals surface area contributed by atoms with Crippen LogP contribution in [0.15, 0.2) is 24.3 Å². The monoisotopic (exact) mass is 316 g/mol. The number of phenolic OH excluding ortho intramolecular Hbond substituents is 1. The normalized spacial score (nSPS) is 13.6. The molecular weight excluding hydrogens is 296 g/mol. The molecular formula is C17H20N2O2S. The number of thiazole rings is 1. The summed E-state index contributed by atoms with van der Waals surface area (Å²) in [5.74, 6) is -0.205. The minimum Gasteiger partial charge on any atom is -0.507 e. The van der Waals surface area contributed by atoms with E-state index in [4.69, 9.17) is 4.98 Å². The molecule has 2 aromatic rings. The van der Waals surface area contributed by atoms with Crippen LogP contribution in [-0.2, 0) is 19.3 Å². The average molecular weight is 316 g/mol. The van der Waals surface area contributed by atoms with Gasteiger partial charge >= 0.3 is 0 Å². The van der Waals surface area contributed by atoms with Crippen LogP contribution in [0, 0.1) is 0 Å². The van der Waals surface area contributed by atoms with Gasteiger partial charge in [-0.25, -0.2) is 4.98 Å². The lowest BCUT2D eigenvalue weighted by molar-refractivity contribution is 0.0950. The molecule has 1 aliphatic rings. The van der Waals surface area contributed by atoms with Crippen LogP contribution in [0.2, 0.25) is 0 Å². The van der Waals surface area contributed by atoms with Gasteiger partial charge in [0.1, 0.15) is 5.75 Å². The fourth-order valence-electron chi connectivity index (χ4n) is 2.71. The van der Waals surface area contributed by atoms with Gasteiger partial charge in [0.15, 0.2) is 0 Å². The number of hydrogen-bond donors (Lipinski definition) is 2. The molecule has 1 aromatic carbocycles. The molecule has 116 valence electrons. The van der Waals surface area contributed by atoms with Gasteiger partial charge in [0, 0.05) is 17.8 Å². The number of para-hydroxylation sites is 1. The zero-order chi connectivity index (χ0) is 15.4. The number of hydrogen-bond acceptors (Lipinski definition) is 4. The molecule has 5 heteroatoms. The van der Waals surface area contributed by atoms with Gasteiger partial charge in [0.2, 0.25) is 0 Å². The third-order valence-corrected chi connectivity index (χ3v) is 5.11. The van der Waals surface area contributed by atoms with Crippen molar-refractivity contribution in [2.75, 3.05) is 6.54 Å². The molecule has 1 heterocycles. The molecule has 0 unspecified atom stereocenters. The van der Waals surface area contributed by atoms with Crippen LogP contribution in [0.1, 0.15) is 45.2 Å². The number of amides is 1. The van der Waals surface area contributed by atoms with E-state index in [-0.39, 0.29) is 11.7 Å².